The number of carbonyl (C=O) groups is 2. The highest BCUT2D eigenvalue weighted by Gasteiger charge is 2.27. The number of aromatic amines is 1. The summed E-state index contributed by atoms with van der Waals surface area (Å²) in [6.45, 7) is 2.87. The molecule has 8 nitrogen and oxygen atoms in total. The first-order valence-electron chi connectivity index (χ1n) is 10.1. The Balaban J connectivity index is 1.41. The maximum absolute atomic E-state index is 13.1. The molecule has 1 aliphatic heterocycles. The molecule has 2 amide bonds. The van der Waals surface area contributed by atoms with E-state index >= 15 is 0 Å². The van der Waals surface area contributed by atoms with Gasteiger partial charge in [0.15, 0.2) is 5.65 Å². The summed E-state index contributed by atoms with van der Waals surface area (Å²) < 4.78 is 1.54. The fraction of sp³-hybridized carbons (Fsp3) is 0.364. The van der Waals surface area contributed by atoms with Crippen molar-refractivity contribution in [3.8, 4) is 0 Å². The van der Waals surface area contributed by atoms with Crippen LogP contribution in [-0.2, 0) is 18.3 Å². The average Bonchev–Trinajstić information content (AvgIpc) is 3.01. The third kappa shape index (κ3) is 3.98. The summed E-state index contributed by atoms with van der Waals surface area (Å²) in [6.07, 6.45) is 1.72. The van der Waals surface area contributed by atoms with E-state index in [-0.39, 0.29) is 23.4 Å². The third-order valence-corrected chi connectivity index (χ3v) is 5.53. The minimum Gasteiger partial charge on any atom is -0.353 e. The van der Waals surface area contributed by atoms with Crippen LogP contribution < -0.4 is 10.9 Å². The average molecular weight is 407 g/mol. The summed E-state index contributed by atoms with van der Waals surface area (Å²) >= 11 is 0. The molecule has 4 rings (SSSR count). The van der Waals surface area contributed by atoms with Gasteiger partial charge in [-0.1, -0.05) is 30.3 Å². The minimum atomic E-state index is -0.314. The lowest BCUT2D eigenvalue weighted by molar-refractivity contribution is -0.121. The highest BCUT2D eigenvalue weighted by atomic mass is 16.2. The highest BCUT2D eigenvalue weighted by Crippen LogP contribution is 2.19. The lowest BCUT2D eigenvalue weighted by Gasteiger charge is -2.32. The molecule has 2 aromatic heterocycles. The van der Waals surface area contributed by atoms with E-state index in [2.05, 4.69) is 15.4 Å². The van der Waals surface area contributed by atoms with Gasteiger partial charge in [-0.15, -0.1) is 0 Å². The quantitative estimate of drug-likeness (QED) is 0.685. The number of aromatic nitrogens is 3. The Morgan fingerprint density at radius 1 is 1.20 bits per heavy atom. The predicted molar refractivity (Wildman–Crippen MR) is 113 cm³/mol. The maximum Gasteiger partial charge on any atom is 0.274 e. The van der Waals surface area contributed by atoms with Crippen molar-refractivity contribution in [2.45, 2.75) is 32.2 Å². The van der Waals surface area contributed by atoms with Crippen LogP contribution in [0, 0.1) is 6.92 Å². The normalized spacial score (nSPS) is 14.8. The van der Waals surface area contributed by atoms with Crippen LogP contribution in [0.15, 0.2) is 41.2 Å². The second kappa shape index (κ2) is 8.14. The molecule has 3 heterocycles. The van der Waals surface area contributed by atoms with Crippen molar-refractivity contribution < 1.29 is 9.59 Å². The first kappa shape index (κ1) is 19.9. The second-order valence-corrected chi connectivity index (χ2v) is 7.81. The van der Waals surface area contributed by atoms with Crippen LogP contribution in [0.1, 0.15) is 34.5 Å². The number of fused-ring (bicyclic) bond motifs is 1. The molecule has 3 aromatic rings. The molecule has 0 bridgehead atoms. The first-order chi connectivity index (χ1) is 14.4. The van der Waals surface area contributed by atoms with Gasteiger partial charge in [-0.3, -0.25) is 24.2 Å². The summed E-state index contributed by atoms with van der Waals surface area (Å²) in [5, 5.41) is 6.07. The molecule has 0 spiro atoms. The van der Waals surface area contributed by atoms with Crippen molar-refractivity contribution in [1.29, 1.82) is 0 Å². The number of nitrogens with one attached hydrogen (secondary N) is 2. The Hall–Kier alpha value is -3.42. The zero-order chi connectivity index (χ0) is 21.3. The van der Waals surface area contributed by atoms with E-state index in [1.165, 1.54) is 4.68 Å². The SMILES string of the molecule is Cc1cc(C(=O)N2CCC(NC(=O)Cc3ccccc3)CC2)c2c(=O)[nH]n(C)c2n1. The summed E-state index contributed by atoms with van der Waals surface area (Å²) in [5.74, 6) is -0.176. The van der Waals surface area contributed by atoms with Crippen LogP contribution in [-0.4, -0.2) is 50.6 Å². The van der Waals surface area contributed by atoms with Crippen LogP contribution in [0.3, 0.4) is 0 Å². The van der Waals surface area contributed by atoms with Crippen LogP contribution in [0.4, 0.5) is 0 Å². The van der Waals surface area contributed by atoms with Gasteiger partial charge in [0.2, 0.25) is 5.91 Å². The molecule has 8 heteroatoms. The number of benzene rings is 1. The fourth-order valence-electron chi connectivity index (χ4n) is 4.01. The molecule has 0 atom stereocenters. The monoisotopic (exact) mass is 407 g/mol. The number of pyridine rings is 1. The zero-order valence-electron chi connectivity index (χ0n) is 17.1. The fourth-order valence-corrected chi connectivity index (χ4v) is 4.01. The smallest absolute Gasteiger partial charge is 0.274 e. The standard InChI is InChI=1S/C22H25N5O3/c1-14-12-17(19-20(23-14)26(2)25-21(19)29)22(30)27-10-8-16(9-11-27)24-18(28)13-15-6-4-3-5-7-15/h3-7,12,16H,8-11,13H2,1-2H3,(H,24,28)(H,25,29). The molecule has 0 radical (unpaired) electrons. The topological polar surface area (TPSA) is 100 Å². The number of likely N-dealkylation sites (tertiary alicyclic amines) is 1. The number of hydrogen-bond donors (Lipinski definition) is 2. The Morgan fingerprint density at radius 2 is 1.90 bits per heavy atom. The van der Waals surface area contributed by atoms with E-state index in [1.54, 1.807) is 18.0 Å². The van der Waals surface area contributed by atoms with Gasteiger partial charge in [0.25, 0.3) is 11.5 Å². The molecule has 1 aromatic carbocycles. The summed E-state index contributed by atoms with van der Waals surface area (Å²) in [4.78, 5) is 43.9. The van der Waals surface area contributed by atoms with E-state index in [0.717, 1.165) is 5.56 Å². The Labute approximate surface area is 173 Å². The van der Waals surface area contributed by atoms with Crippen molar-refractivity contribution in [1.82, 2.24) is 25.0 Å². The van der Waals surface area contributed by atoms with Crippen molar-refractivity contribution in [2.75, 3.05) is 13.1 Å². The van der Waals surface area contributed by atoms with Crippen molar-refractivity contribution in [2.24, 2.45) is 7.05 Å². The van der Waals surface area contributed by atoms with Gasteiger partial charge in [-0.05, 0) is 31.4 Å². The third-order valence-electron chi connectivity index (χ3n) is 5.53. The molecule has 0 aliphatic carbocycles. The zero-order valence-corrected chi connectivity index (χ0v) is 17.1. The number of rotatable bonds is 4. The van der Waals surface area contributed by atoms with Crippen molar-refractivity contribution >= 4 is 22.8 Å². The van der Waals surface area contributed by atoms with Crippen molar-refractivity contribution in [3.63, 3.8) is 0 Å². The number of carbonyl (C=O) groups excluding carboxylic acids is 2. The summed E-state index contributed by atoms with van der Waals surface area (Å²) in [6, 6.07) is 11.4. The van der Waals surface area contributed by atoms with E-state index < -0.39 is 0 Å². The summed E-state index contributed by atoms with van der Waals surface area (Å²) in [5.41, 5.74) is 2.21. The van der Waals surface area contributed by atoms with Gasteiger partial charge in [0, 0.05) is 31.9 Å². The number of hydrogen-bond acceptors (Lipinski definition) is 4. The van der Waals surface area contributed by atoms with E-state index in [0.29, 0.717) is 54.6 Å². The lowest BCUT2D eigenvalue weighted by Crippen LogP contribution is -2.47. The van der Waals surface area contributed by atoms with Crippen LogP contribution in [0.25, 0.3) is 11.0 Å². The molecule has 1 aliphatic rings. The first-order valence-corrected chi connectivity index (χ1v) is 10.1. The number of aryl methyl sites for hydroxylation is 2. The largest absolute Gasteiger partial charge is 0.353 e. The van der Waals surface area contributed by atoms with Gasteiger partial charge in [-0.25, -0.2) is 4.98 Å². The molecule has 2 N–H and O–H groups in total. The van der Waals surface area contributed by atoms with Gasteiger partial charge < -0.3 is 10.2 Å². The van der Waals surface area contributed by atoms with E-state index in [1.807, 2.05) is 37.3 Å². The number of piperidine rings is 1. The van der Waals surface area contributed by atoms with Crippen LogP contribution in [0.2, 0.25) is 0 Å². The minimum absolute atomic E-state index is 0.00624. The molecular weight excluding hydrogens is 382 g/mol. The molecule has 156 valence electrons. The Morgan fingerprint density at radius 3 is 2.60 bits per heavy atom. The number of nitrogens with zero attached hydrogens (tertiary/aromatic N) is 3. The molecular formula is C22H25N5O3. The highest BCUT2D eigenvalue weighted by molar-refractivity contribution is 6.05. The Kier molecular flexibility index (Phi) is 5.39. The van der Waals surface area contributed by atoms with Gasteiger partial charge >= 0.3 is 0 Å². The predicted octanol–water partition coefficient (Wildman–Crippen LogP) is 1.53. The number of H-pyrrole nitrogens is 1. The lowest BCUT2D eigenvalue weighted by atomic mass is 10.0. The molecule has 30 heavy (non-hydrogen) atoms. The number of amides is 2. The van der Waals surface area contributed by atoms with Crippen LogP contribution in [0.5, 0.6) is 0 Å². The molecule has 1 saturated heterocycles. The molecule has 0 unspecified atom stereocenters. The van der Waals surface area contributed by atoms with E-state index in [4.69, 9.17) is 0 Å². The van der Waals surface area contributed by atoms with Gasteiger partial charge in [-0.2, -0.15) is 0 Å². The molecule has 0 saturated carbocycles. The second-order valence-electron chi connectivity index (χ2n) is 7.81. The van der Waals surface area contributed by atoms with E-state index in [9.17, 15) is 14.4 Å². The van der Waals surface area contributed by atoms with Gasteiger partial charge in [0.1, 0.15) is 0 Å². The maximum atomic E-state index is 13.1. The van der Waals surface area contributed by atoms with Crippen molar-refractivity contribution in [3.05, 3.63) is 63.6 Å². The Bertz CT molecular complexity index is 1140. The van der Waals surface area contributed by atoms with Crippen LogP contribution >= 0.6 is 0 Å². The van der Waals surface area contributed by atoms with Gasteiger partial charge in [0.05, 0.1) is 17.4 Å². The molecule has 1 fully saturated rings. The summed E-state index contributed by atoms with van der Waals surface area (Å²) in [7, 11) is 1.70.